The molecule has 1 saturated heterocycles. The van der Waals surface area contributed by atoms with Crippen molar-refractivity contribution in [2.45, 2.75) is 31.7 Å². The van der Waals surface area contributed by atoms with Gasteiger partial charge in [-0.2, -0.15) is 13.2 Å². The van der Waals surface area contributed by atoms with Gasteiger partial charge >= 0.3 is 6.18 Å². The maximum atomic E-state index is 13.6. The van der Waals surface area contributed by atoms with E-state index in [1.165, 1.54) is 6.07 Å². The number of carbonyl (C=O) groups is 1. The highest BCUT2D eigenvalue weighted by molar-refractivity contribution is 6.02. The quantitative estimate of drug-likeness (QED) is 0.198. The van der Waals surface area contributed by atoms with Crippen LogP contribution in [0.5, 0.6) is 5.75 Å². The number of piperidine rings is 1. The molecule has 1 fully saturated rings. The van der Waals surface area contributed by atoms with Gasteiger partial charge in [0.2, 0.25) is 0 Å². The minimum absolute atomic E-state index is 0.0456. The number of rotatable bonds is 8. The fraction of sp³-hybridized carbons (Fsp3) is 0.229. The van der Waals surface area contributed by atoms with E-state index in [1.807, 2.05) is 60.7 Å². The van der Waals surface area contributed by atoms with Crippen LogP contribution in [-0.2, 0) is 12.7 Å². The number of amides is 1. The van der Waals surface area contributed by atoms with E-state index in [4.69, 9.17) is 4.74 Å². The van der Waals surface area contributed by atoms with Crippen molar-refractivity contribution in [3.8, 4) is 28.0 Å². The summed E-state index contributed by atoms with van der Waals surface area (Å²) < 4.78 is 48.8. The molecule has 0 saturated carbocycles. The molecule has 10 heteroatoms. The Morgan fingerprint density at radius 1 is 0.889 bits per heavy atom. The molecule has 45 heavy (non-hydrogen) atoms. The number of nitrogens with one attached hydrogen (secondary N) is 1. The number of nitrogens with zero attached hydrogens (tertiary/aromatic N) is 4. The molecule has 0 atom stereocenters. The first-order valence-corrected chi connectivity index (χ1v) is 14.7. The van der Waals surface area contributed by atoms with Gasteiger partial charge in [-0.3, -0.25) is 4.79 Å². The Hall–Kier alpha value is -4.96. The average Bonchev–Trinajstić information content (AvgIpc) is 3.51. The largest absolute Gasteiger partial charge is 0.490 e. The number of aromatic nitrogens is 3. The summed E-state index contributed by atoms with van der Waals surface area (Å²) in [7, 11) is 2.07. The molecule has 230 valence electrons. The molecule has 7 nitrogen and oxygen atoms in total. The first-order chi connectivity index (χ1) is 21.7. The van der Waals surface area contributed by atoms with Gasteiger partial charge in [0.15, 0.2) is 5.69 Å². The Morgan fingerprint density at radius 3 is 2.38 bits per heavy atom. The summed E-state index contributed by atoms with van der Waals surface area (Å²) >= 11 is 0. The summed E-state index contributed by atoms with van der Waals surface area (Å²) in [5, 5.41) is 10.9. The lowest BCUT2D eigenvalue weighted by Crippen LogP contribution is -2.35. The Bertz CT molecular complexity index is 1760. The van der Waals surface area contributed by atoms with E-state index in [1.54, 1.807) is 29.1 Å². The number of likely N-dealkylation sites (tertiary alicyclic amines) is 1. The number of hydrogen-bond acceptors (Lipinski definition) is 5. The van der Waals surface area contributed by atoms with Crippen molar-refractivity contribution in [1.82, 2.24) is 19.9 Å². The van der Waals surface area contributed by atoms with Gasteiger partial charge in [-0.25, -0.2) is 4.68 Å². The standard InChI is InChI=1S/C35H32F3N5O2/c1-42-18-16-29(17-19-42)45-30-14-15-31(32(21-30)26-8-5-9-27(20-26)35(36,37)38)25-10-12-28(13-11-25)39-34(44)33-23-43(41-40-33)22-24-6-3-2-4-7-24/h2-15,20-21,23,29H,16-19,22H2,1H3,(H,39,44). The maximum absolute atomic E-state index is 13.6. The highest BCUT2D eigenvalue weighted by Crippen LogP contribution is 2.39. The third kappa shape index (κ3) is 7.41. The third-order valence-corrected chi connectivity index (χ3v) is 7.87. The van der Waals surface area contributed by atoms with Gasteiger partial charge in [-0.1, -0.05) is 65.9 Å². The molecule has 0 radical (unpaired) electrons. The van der Waals surface area contributed by atoms with Crippen LogP contribution in [0.1, 0.15) is 34.5 Å². The van der Waals surface area contributed by atoms with E-state index in [0.717, 1.165) is 54.8 Å². The monoisotopic (exact) mass is 611 g/mol. The number of benzene rings is 4. The summed E-state index contributed by atoms with van der Waals surface area (Å²) in [5.74, 6) is 0.215. The zero-order chi connectivity index (χ0) is 31.4. The number of alkyl halides is 3. The van der Waals surface area contributed by atoms with Crippen LogP contribution in [0.2, 0.25) is 0 Å². The van der Waals surface area contributed by atoms with Gasteiger partial charge in [0.05, 0.1) is 18.3 Å². The molecular weight excluding hydrogens is 579 g/mol. The molecule has 1 aliphatic heterocycles. The molecule has 5 aromatic rings. The van der Waals surface area contributed by atoms with Crippen molar-refractivity contribution >= 4 is 11.6 Å². The van der Waals surface area contributed by atoms with Crippen LogP contribution in [0.4, 0.5) is 18.9 Å². The van der Waals surface area contributed by atoms with Crippen LogP contribution >= 0.6 is 0 Å². The van der Waals surface area contributed by atoms with Crippen molar-refractivity contribution in [2.24, 2.45) is 0 Å². The third-order valence-electron chi connectivity index (χ3n) is 7.87. The van der Waals surface area contributed by atoms with Gasteiger partial charge in [-0.15, -0.1) is 5.10 Å². The van der Waals surface area contributed by atoms with Crippen LogP contribution in [0.15, 0.2) is 103 Å². The SMILES string of the molecule is CN1CCC(Oc2ccc(-c3ccc(NC(=O)c4cn(Cc5ccccc5)nn4)cc3)c(-c3cccc(C(F)(F)F)c3)c2)CC1. The molecule has 0 aliphatic carbocycles. The molecule has 0 unspecified atom stereocenters. The van der Waals surface area contributed by atoms with Crippen molar-refractivity contribution in [1.29, 1.82) is 0 Å². The zero-order valence-corrected chi connectivity index (χ0v) is 24.7. The fourth-order valence-electron chi connectivity index (χ4n) is 5.42. The number of anilines is 1. The molecule has 1 N–H and O–H groups in total. The van der Waals surface area contributed by atoms with E-state index < -0.39 is 17.6 Å². The predicted octanol–water partition coefficient (Wildman–Crippen LogP) is 7.40. The molecule has 2 heterocycles. The smallest absolute Gasteiger partial charge is 0.416 e. The lowest BCUT2D eigenvalue weighted by molar-refractivity contribution is -0.137. The van der Waals surface area contributed by atoms with Gasteiger partial charge in [-0.05, 0) is 84.1 Å². The second kappa shape index (κ2) is 13.0. The van der Waals surface area contributed by atoms with Crippen molar-refractivity contribution < 1.29 is 22.7 Å². The Balaban J connectivity index is 1.23. The summed E-state index contributed by atoms with van der Waals surface area (Å²) in [6.45, 7) is 2.35. The highest BCUT2D eigenvalue weighted by atomic mass is 19.4. The first kappa shape index (κ1) is 30.1. The topological polar surface area (TPSA) is 72.3 Å². The Morgan fingerprint density at radius 2 is 1.64 bits per heavy atom. The maximum Gasteiger partial charge on any atom is 0.416 e. The molecule has 1 amide bonds. The summed E-state index contributed by atoms with van der Waals surface area (Å²) in [6, 6.07) is 27.8. The number of halogens is 3. The number of ether oxygens (including phenoxy) is 1. The van der Waals surface area contributed by atoms with Gasteiger partial charge < -0.3 is 15.0 Å². The Labute approximate surface area is 259 Å². The first-order valence-electron chi connectivity index (χ1n) is 14.7. The van der Waals surface area contributed by atoms with Gasteiger partial charge in [0, 0.05) is 18.8 Å². The fourth-order valence-corrected chi connectivity index (χ4v) is 5.42. The summed E-state index contributed by atoms with van der Waals surface area (Å²) in [5.41, 5.74) is 3.63. The van der Waals surface area contributed by atoms with E-state index in [9.17, 15) is 18.0 Å². The highest BCUT2D eigenvalue weighted by Gasteiger charge is 2.30. The zero-order valence-electron chi connectivity index (χ0n) is 24.7. The van der Waals surface area contributed by atoms with Crippen LogP contribution in [0.25, 0.3) is 22.3 Å². The minimum atomic E-state index is -4.47. The minimum Gasteiger partial charge on any atom is -0.490 e. The molecule has 0 spiro atoms. The van der Waals surface area contributed by atoms with Crippen molar-refractivity contribution in [2.75, 3.05) is 25.5 Å². The lowest BCUT2D eigenvalue weighted by atomic mass is 9.93. The molecule has 1 aliphatic rings. The molecule has 6 rings (SSSR count). The van der Waals surface area contributed by atoms with Gasteiger partial charge in [0.1, 0.15) is 11.9 Å². The molecule has 0 bridgehead atoms. The Kier molecular flexibility index (Phi) is 8.66. The second-order valence-electron chi connectivity index (χ2n) is 11.2. The van der Waals surface area contributed by atoms with E-state index in [-0.39, 0.29) is 11.8 Å². The van der Waals surface area contributed by atoms with E-state index in [0.29, 0.717) is 29.1 Å². The van der Waals surface area contributed by atoms with Crippen LogP contribution < -0.4 is 10.1 Å². The summed E-state index contributed by atoms with van der Waals surface area (Å²) in [4.78, 5) is 15.1. The number of carbonyl (C=O) groups excluding carboxylic acids is 1. The molecular formula is C35H32F3N5O2. The summed E-state index contributed by atoms with van der Waals surface area (Å²) in [6.07, 6.45) is -1.07. The van der Waals surface area contributed by atoms with Crippen LogP contribution in [0.3, 0.4) is 0 Å². The predicted molar refractivity (Wildman–Crippen MR) is 167 cm³/mol. The normalized spacial score (nSPS) is 14.3. The van der Waals surface area contributed by atoms with Crippen LogP contribution in [-0.4, -0.2) is 52.0 Å². The van der Waals surface area contributed by atoms with E-state index >= 15 is 0 Å². The van der Waals surface area contributed by atoms with Gasteiger partial charge in [0.25, 0.3) is 5.91 Å². The molecule has 1 aromatic heterocycles. The molecule has 4 aromatic carbocycles. The number of hydrogen-bond donors (Lipinski definition) is 1. The van der Waals surface area contributed by atoms with Crippen LogP contribution in [0, 0.1) is 0 Å². The van der Waals surface area contributed by atoms with Crippen molar-refractivity contribution in [3.63, 3.8) is 0 Å². The lowest BCUT2D eigenvalue weighted by Gasteiger charge is -2.29. The van der Waals surface area contributed by atoms with Crippen molar-refractivity contribution in [3.05, 3.63) is 120 Å². The average molecular weight is 612 g/mol. The second-order valence-corrected chi connectivity index (χ2v) is 11.2. The van der Waals surface area contributed by atoms with E-state index in [2.05, 4.69) is 27.6 Å².